The molecule has 1 saturated heterocycles. The first kappa shape index (κ1) is 11.0. The zero-order valence-electron chi connectivity index (χ0n) is 8.99. The van der Waals surface area contributed by atoms with Gasteiger partial charge in [-0.15, -0.1) is 0 Å². The number of hydrogen-bond acceptors (Lipinski definition) is 2. The van der Waals surface area contributed by atoms with Crippen molar-refractivity contribution in [2.75, 3.05) is 18.0 Å². The van der Waals surface area contributed by atoms with Crippen LogP contribution in [0, 0.1) is 5.92 Å². The predicted molar refractivity (Wildman–Crippen MR) is 68.1 cm³/mol. The highest BCUT2D eigenvalue weighted by atomic mass is 79.9. The second-order valence-corrected chi connectivity index (χ2v) is 5.27. The van der Waals surface area contributed by atoms with Crippen LogP contribution < -0.4 is 10.6 Å². The molecule has 2 N–H and O–H groups in total. The van der Waals surface area contributed by atoms with Crippen LogP contribution in [0.4, 0.5) is 5.69 Å². The summed E-state index contributed by atoms with van der Waals surface area (Å²) in [5.41, 5.74) is 7.31. The molecule has 1 aliphatic rings. The highest BCUT2D eigenvalue weighted by Gasteiger charge is 2.22. The average molecular weight is 269 g/mol. The van der Waals surface area contributed by atoms with Gasteiger partial charge in [-0.3, -0.25) is 0 Å². The summed E-state index contributed by atoms with van der Waals surface area (Å²) in [6.07, 6.45) is 1.09. The molecular formula is C12H17BrN2. The molecule has 0 amide bonds. The van der Waals surface area contributed by atoms with E-state index in [0.29, 0.717) is 12.0 Å². The Morgan fingerprint density at radius 2 is 2.00 bits per heavy atom. The Balaban J connectivity index is 2.08. The van der Waals surface area contributed by atoms with Crippen LogP contribution in [0.1, 0.15) is 13.3 Å². The van der Waals surface area contributed by atoms with Crippen molar-refractivity contribution in [3.8, 4) is 0 Å². The molecule has 0 aromatic heterocycles. The molecule has 0 saturated carbocycles. The first-order chi connectivity index (χ1) is 7.16. The molecule has 0 aliphatic carbocycles. The van der Waals surface area contributed by atoms with Crippen molar-refractivity contribution in [2.45, 2.75) is 19.4 Å². The summed E-state index contributed by atoms with van der Waals surface area (Å²) >= 11 is 3.45. The van der Waals surface area contributed by atoms with Crippen LogP contribution in [0.5, 0.6) is 0 Å². The number of hydrogen-bond donors (Lipinski definition) is 1. The highest BCUT2D eigenvalue weighted by Crippen LogP contribution is 2.23. The number of halogens is 1. The SMILES string of the molecule is CC1CN(c2ccc(Br)cc2)CCC1N. The minimum absolute atomic E-state index is 0.372. The Bertz CT molecular complexity index is 323. The lowest BCUT2D eigenvalue weighted by atomic mass is 9.94. The normalized spacial score (nSPS) is 26.7. The van der Waals surface area contributed by atoms with E-state index >= 15 is 0 Å². The van der Waals surface area contributed by atoms with E-state index < -0.39 is 0 Å². The van der Waals surface area contributed by atoms with Crippen molar-refractivity contribution in [2.24, 2.45) is 11.7 Å². The molecular weight excluding hydrogens is 252 g/mol. The van der Waals surface area contributed by atoms with Crippen LogP contribution in [0.15, 0.2) is 28.7 Å². The lowest BCUT2D eigenvalue weighted by Gasteiger charge is -2.36. The van der Waals surface area contributed by atoms with E-state index in [1.807, 2.05) is 0 Å². The Kier molecular flexibility index (Phi) is 3.32. The van der Waals surface area contributed by atoms with Crippen LogP contribution in [-0.4, -0.2) is 19.1 Å². The fourth-order valence-electron chi connectivity index (χ4n) is 2.05. The van der Waals surface area contributed by atoms with Crippen LogP contribution in [-0.2, 0) is 0 Å². The number of piperidine rings is 1. The Hall–Kier alpha value is -0.540. The molecule has 1 aromatic rings. The van der Waals surface area contributed by atoms with Gasteiger partial charge >= 0.3 is 0 Å². The Labute approximate surface area is 99.6 Å². The smallest absolute Gasteiger partial charge is 0.0367 e. The van der Waals surface area contributed by atoms with Gasteiger partial charge in [0.25, 0.3) is 0 Å². The summed E-state index contributed by atoms with van der Waals surface area (Å²) in [6.45, 7) is 4.38. The molecule has 0 radical (unpaired) electrons. The minimum Gasteiger partial charge on any atom is -0.371 e. The van der Waals surface area contributed by atoms with Gasteiger partial charge in [-0.25, -0.2) is 0 Å². The van der Waals surface area contributed by atoms with Gasteiger partial charge in [0.1, 0.15) is 0 Å². The maximum absolute atomic E-state index is 6.01. The summed E-state index contributed by atoms with van der Waals surface area (Å²) in [6, 6.07) is 8.88. The Morgan fingerprint density at radius 1 is 1.33 bits per heavy atom. The van der Waals surface area contributed by atoms with Crippen LogP contribution >= 0.6 is 15.9 Å². The molecule has 1 fully saturated rings. The monoisotopic (exact) mass is 268 g/mol. The van der Waals surface area contributed by atoms with Gasteiger partial charge in [0, 0.05) is 29.3 Å². The fraction of sp³-hybridized carbons (Fsp3) is 0.500. The summed E-state index contributed by atoms with van der Waals surface area (Å²) in [5.74, 6) is 0.586. The lowest BCUT2D eigenvalue weighted by Crippen LogP contribution is -2.45. The summed E-state index contributed by atoms with van der Waals surface area (Å²) in [7, 11) is 0. The molecule has 0 bridgehead atoms. The van der Waals surface area contributed by atoms with E-state index in [4.69, 9.17) is 5.73 Å². The maximum atomic E-state index is 6.01. The Morgan fingerprint density at radius 3 is 2.60 bits per heavy atom. The maximum Gasteiger partial charge on any atom is 0.0367 e. The largest absolute Gasteiger partial charge is 0.371 e. The van der Waals surface area contributed by atoms with Gasteiger partial charge < -0.3 is 10.6 Å². The number of rotatable bonds is 1. The van der Waals surface area contributed by atoms with Crippen LogP contribution in [0.3, 0.4) is 0 Å². The molecule has 2 unspecified atom stereocenters. The summed E-state index contributed by atoms with van der Waals surface area (Å²) < 4.78 is 1.13. The van der Waals surface area contributed by atoms with Crippen molar-refractivity contribution < 1.29 is 0 Å². The molecule has 82 valence electrons. The molecule has 1 aliphatic heterocycles. The highest BCUT2D eigenvalue weighted by molar-refractivity contribution is 9.10. The molecule has 1 aromatic carbocycles. The van der Waals surface area contributed by atoms with Crippen LogP contribution in [0.25, 0.3) is 0 Å². The van der Waals surface area contributed by atoms with Gasteiger partial charge in [-0.1, -0.05) is 22.9 Å². The summed E-state index contributed by atoms with van der Waals surface area (Å²) in [4.78, 5) is 2.42. The van der Waals surface area contributed by atoms with Crippen molar-refractivity contribution >= 4 is 21.6 Å². The van der Waals surface area contributed by atoms with Gasteiger partial charge in [-0.05, 0) is 36.6 Å². The fourth-order valence-corrected chi connectivity index (χ4v) is 2.31. The quantitative estimate of drug-likeness (QED) is 0.849. The van der Waals surface area contributed by atoms with Gasteiger partial charge in [0.15, 0.2) is 0 Å². The molecule has 2 atom stereocenters. The third-order valence-corrected chi connectivity index (χ3v) is 3.69. The third-order valence-electron chi connectivity index (χ3n) is 3.16. The van der Waals surface area contributed by atoms with Gasteiger partial charge in [-0.2, -0.15) is 0 Å². The first-order valence-electron chi connectivity index (χ1n) is 5.43. The second-order valence-electron chi connectivity index (χ2n) is 4.35. The van der Waals surface area contributed by atoms with Gasteiger partial charge in [0.05, 0.1) is 0 Å². The van der Waals surface area contributed by atoms with Gasteiger partial charge in [0.2, 0.25) is 0 Å². The predicted octanol–water partition coefficient (Wildman–Crippen LogP) is 2.62. The van der Waals surface area contributed by atoms with Crippen molar-refractivity contribution in [1.29, 1.82) is 0 Å². The molecule has 2 rings (SSSR count). The third kappa shape index (κ3) is 2.52. The topological polar surface area (TPSA) is 29.3 Å². The van der Waals surface area contributed by atoms with Crippen molar-refractivity contribution in [3.63, 3.8) is 0 Å². The number of anilines is 1. The van der Waals surface area contributed by atoms with E-state index in [0.717, 1.165) is 24.0 Å². The number of nitrogens with zero attached hydrogens (tertiary/aromatic N) is 1. The van der Waals surface area contributed by atoms with E-state index in [-0.39, 0.29) is 0 Å². The van der Waals surface area contributed by atoms with E-state index in [1.54, 1.807) is 0 Å². The zero-order chi connectivity index (χ0) is 10.8. The molecule has 3 heteroatoms. The van der Waals surface area contributed by atoms with E-state index in [1.165, 1.54) is 5.69 Å². The van der Waals surface area contributed by atoms with Crippen LogP contribution in [0.2, 0.25) is 0 Å². The second kappa shape index (κ2) is 4.54. The van der Waals surface area contributed by atoms with E-state index in [2.05, 4.69) is 52.0 Å². The first-order valence-corrected chi connectivity index (χ1v) is 6.22. The molecule has 2 nitrogen and oxygen atoms in total. The van der Waals surface area contributed by atoms with E-state index in [9.17, 15) is 0 Å². The zero-order valence-corrected chi connectivity index (χ0v) is 10.6. The lowest BCUT2D eigenvalue weighted by molar-refractivity contribution is 0.383. The minimum atomic E-state index is 0.372. The van der Waals surface area contributed by atoms with Crippen molar-refractivity contribution in [3.05, 3.63) is 28.7 Å². The van der Waals surface area contributed by atoms with Crippen molar-refractivity contribution in [1.82, 2.24) is 0 Å². The molecule has 0 spiro atoms. The number of benzene rings is 1. The standard InChI is InChI=1S/C12H17BrN2/c1-9-8-15(7-6-12(9)14)11-4-2-10(13)3-5-11/h2-5,9,12H,6-8,14H2,1H3. The molecule has 1 heterocycles. The average Bonchev–Trinajstić information content (AvgIpc) is 2.23. The molecule has 15 heavy (non-hydrogen) atoms. The number of nitrogens with two attached hydrogens (primary N) is 1. The summed E-state index contributed by atoms with van der Waals surface area (Å²) in [5, 5.41) is 0.